The maximum absolute atomic E-state index is 2.75. The van der Waals surface area contributed by atoms with Gasteiger partial charge in [0.25, 0.3) is 0 Å². The number of hydrogen-bond acceptors (Lipinski definition) is 2. The molecular weight excluding hydrogens is 244 g/mol. The van der Waals surface area contributed by atoms with Crippen LogP contribution in [0.2, 0.25) is 0 Å². The van der Waals surface area contributed by atoms with Gasteiger partial charge in [0.1, 0.15) is 0 Å². The summed E-state index contributed by atoms with van der Waals surface area (Å²) in [5.41, 5.74) is 4.83. The van der Waals surface area contributed by atoms with Crippen LogP contribution in [0.3, 0.4) is 0 Å². The first-order chi connectivity index (χ1) is 9.84. The Morgan fingerprint density at radius 1 is 0.850 bits per heavy atom. The Labute approximate surface area is 122 Å². The first-order valence-corrected chi connectivity index (χ1v) is 8.42. The van der Waals surface area contributed by atoms with Gasteiger partial charge in [-0.05, 0) is 81.9 Å². The van der Waals surface area contributed by atoms with Crippen LogP contribution in [-0.2, 0) is 0 Å². The number of fused-ring (bicyclic) bond motifs is 1. The highest BCUT2D eigenvalue weighted by Crippen LogP contribution is 2.48. The van der Waals surface area contributed by atoms with Crippen LogP contribution in [0.15, 0.2) is 18.2 Å². The minimum absolute atomic E-state index is 0.693. The molecule has 108 valence electrons. The van der Waals surface area contributed by atoms with Gasteiger partial charge in [0, 0.05) is 12.1 Å². The molecule has 2 fully saturated rings. The minimum atomic E-state index is 0.693. The highest BCUT2D eigenvalue weighted by Gasteiger charge is 2.39. The first kappa shape index (κ1) is 12.8. The predicted octanol–water partition coefficient (Wildman–Crippen LogP) is 3.67. The van der Waals surface area contributed by atoms with E-state index in [-0.39, 0.29) is 0 Å². The van der Waals surface area contributed by atoms with Crippen molar-refractivity contribution in [2.75, 3.05) is 26.2 Å². The second kappa shape index (κ2) is 5.16. The van der Waals surface area contributed by atoms with Crippen molar-refractivity contribution in [1.29, 1.82) is 0 Å². The summed E-state index contributed by atoms with van der Waals surface area (Å²) in [6.07, 6.45) is 6.91. The fraction of sp³-hybridized carbons (Fsp3) is 0.667. The van der Waals surface area contributed by atoms with Gasteiger partial charge in [0.05, 0.1) is 0 Å². The molecular formula is C18H26N2. The topological polar surface area (TPSA) is 6.48 Å². The highest BCUT2D eigenvalue weighted by atomic mass is 15.2. The molecule has 4 rings (SSSR count). The number of hydrogen-bond donors (Lipinski definition) is 0. The normalized spacial score (nSPS) is 31.1. The van der Waals surface area contributed by atoms with E-state index in [1.165, 1.54) is 63.8 Å². The lowest BCUT2D eigenvalue weighted by Gasteiger charge is -2.27. The second-order valence-corrected chi connectivity index (χ2v) is 6.83. The molecule has 0 radical (unpaired) electrons. The maximum atomic E-state index is 2.75. The van der Waals surface area contributed by atoms with Gasteiger partial charge in [-0.1, -0.05) is 18.2 Å². The van der Waals surface area contributed by atoms with Crippen LogP contribution in [0.4, 0.5) is 0 Å². The molecule has 2 unspecified atom stereocenters. The average molecular weight is 270 g/mol. The first-order valence-electron chi connectivity index (χ1n) is 8.42. The third-order valence-electron chi connectivity index (χ3n) is 5.66. The van der Waals surface area contributed by atoms with Crippen molar-refractivity contribution in [1.82, 2.24) is 9.80 Å². The molecule has 0 saturated carbocycles. The summed E-state index contributed by atoms with van der Waals surface area (Å²) in [6.45, 7) is 7.56. The predicted molar refractivity (Wildman–Crippen MR) is 82.9 cm³/mol. The molecule has 0 bridgehead atoms. The lowest BCUT2D eigenvalue weighted by atomic mass is 10.0. The summed E-state index contributed by atoms with van der Waals surface area (Å²) in [6, 6.07) is 8.37. The Morgan fingerprint density at radius 2 is 1.45 bits per heavy atom. The highest BCUT2D eigenvalue weighted by molar-refractivity contribution is 5.43. The van der Waals surface area contributed by atoms with E-state index in [1.807, 2.05) is 0 Å². The van der Waals surface area contributed by atoms with E-state index in [4.69, 9.17) is 0 Å². The average Bonchev–Trinajstić information content (AvgIpc) is 3.19. The fourth-order valence-electron chi connectivity index (χ4n) is 4.69. The molecule has 0 amide bonds. The van der Waals surface area contributed by atoms with Crippen molar-refractivity contribution in [3.05, 3.63) is 34.9 Å². The zero-order valence-electron chi connectivity index (χ0n) is 12.6. The number of benzene rings is 1. The molecule has 2 heteroatoms. The number of aryl methyl sites for hydroxylation is 1. The third-order valence-corrected chi connectivity index (χ3v) is 5.66. The van der Waals surface area contributed by atoms with Crippen molar-refractivity contribution in [3.8, 4) is 0 Å². The monoisotopic (exact) mass is 270 g/mol. The van der Waals surface area contributed by atoms with Crippen molar-refractivity contribution in [3.63, 3.8) is 0 Å². The number of rotatable bonds is 2. The Kier molecular flexibility index (Phi) is 3.31. The van der Waals surface area contributed by atoms with Crippen LogP contribution in [0.5, 0.6) is 0 Å². The molecule has 1 aliphatic carbocycles. The molecule has 0 spiro atoms. The number of likely N-dealkylation sites (tertiary alicyclic amines) is 2. The molecule has 2 saturated heterocycles. The summed E-state index contributed by atoms with van der Waals surface area (Å²) in [4.78, 5) is 5.50. The number of nitrogens with zero attached hydrogens (tertiary/aromatic N) is 2. The zero-order chi connectivity index (χ0) is 13.5. The molecule has 0 N–H and O–H groups in total. The van der Waals surface area contributed by atoms with Gasteiger partial charge in [-0.25, -0.2) is 0 Å². The second-order valence-electron chi connectivity index (χ2n) is 6.83. The van der Waals surface area contributed by atoms with Crippen LogP contribution in [0.25, 0.3) is 0 Å². The van der Waals surface area contributed by atoms with Crippen molar-refractivity contribution in [2.45, 2.75) is 51.1 Å². The zero-order valence-corrected chi connectivity index (χ0v) is 12.6. The van der Waals surface area contributed by atoms with Gasteiger partial charge in [0.2, 0.25) is 0 Å². The van der Waals surface area contributed by atoms with E-state index in [2.05, 4.69) is 34.9 Å². The molecule has 3 aliphatic rings. The van der Waals surface area contributed by atoms with Crippen LogP contribution in [0, 0.1) is 6.92 Å². The molecule has 1 aromatic carbocycles. The Bertz CT molecular complexity index is 484. The van der Waals surface area contributed by atoms with E-state index in [0.29, 0.717) is 12.1 Å². The van der Waals surface area contributed by atoms with E-state index in [9.17, 15) is 0 Å². The van der Waals surface area contributed by atoms with Gasteiger partial charge >= 0.3 is 0 Å². The Balaban J connectivity index is 1.70. The van der Waals surface area contributed by atoms with E-state index < -0.39 is 0 Å². The van der Waals surface area contributed by atoms with E-state index in [1.54, 1.807) is 11.1 Å². The SMILES string of the molecule is Cc1cccc2c1C(N1CCCC1)CC2N1CCCC1. The van der Waals surface area contributed by atoms with Crippen LogP contribution in [0.1, 0.15) is 60.9 Å². The lowest BCUT2D eigenvalue weighted by Crippen LogP contribution is -2.27. The quantitative estimate of drug-likeness (QED) is 0.809. The minimum Gasteiger partial charge on any atom is -0.296 e. The molecule has 1 aromatic rings. The molecule has 0 aromatic heterocycles. The fourth-order valence-corrected chi connectivity index (χ4v) is 4.69. The van der Waals surface area contributed by atoms with E-state index in [0.717, 1.165) is 0 Å². The van der Waals surface area contributed by atoms with Crippen molar-refractivity contribution < 1.29 is 0 Å². The van der Waals surface area contributed by atoms with Crippen molar-refractivity contribution >= 4 is 0 Å². The summed E-state index contributed by atoms with van der Waals surface area (Å²) in [5, 5.41) is 0. The summed E-state index contributed by atoms with van der Waals surface area (Å²) in [5.74, 6) is 0. The van der Waals surface area contributed by atoms with Crippen molar-refractivity contribution in [2.24, 2.45) is 0 Å². The molecule has 2 heterocycles. The summed E-state index contributed by atoms with van der Waals surface area (Å²) >= 11 is 0. The van der Waals surface area contributed by atoms with Gasteiger partial charge < -0.3 is 0 Å². The smallest absolute Gasteiger partial charge is 0.0372 e. The van der Waals surface area contributed by atoms with Gasteiger partial charge in [-0.2, -0.15) is 0 Å². The van der Waals surface area contributed by atoms with Crippen LogP contribution >= 0.6 is 0 Å². The van der Waals surface area contributed by atoms with Crippen LogP contribution < -0.4 is 0 Å². The molecule has 2 nitrogen and oxygen atoms in total. The summed E-state index contributed by atoms with van der Waals surface area (Å²) < 4.78 is 0. The maximum Gasteiger partial charge on any atom is 0.0372 e. The van der Waals surface area contributed by atoms with Crippen LogP contribution in [-0.4, -0.2) is 36.0 Å². The molecule has 2 atom stereocenters. The lowest BCUT2D eigenvalue weighted by molar-refractivity contribution is 0.181. The standard InChI is InChI=1S/C18H26N2/c1-14-7-6-8-15-16(19-9-2-3-10-19)13-17(18(14)15)20-11-4-5-12-20/h6-8,16-17H,2-5,9-13H2,1H3. The Hall–Kier alpha value is -0.860. The third kappa shape index (κ3) is 2.01. The van der Waals surface area contributed by atoms with Gasteiger partial charge in [0.15, 0.2) is 0 Å². The summed E-state index contributed by atoms with van der Waals surface area (Å²) in [7, 11) is 0. The van der Waals surface area contributed by atoms with E-state index >= 15 is 0 Å². The largest absolute Gasteiger partial charge is 0.296 e. The Morgan fingerprint density at radius 3 is 2.10 bits per heavy atom. The van der Waals surface area contributed by atoms with Gasteiger partial charge in [-0.3, -0.25) is 9.80 Å². The molecule has 20 heavy (non-hydrogen) atoms. The van der Waals surface area contributed by atoms with Gasteiger partial charge in [-0.15, -0.1) is 0 Å². The molecule has 2 aliphatic heterocycles.